The zero-order valence-corrected chi connectivity index (χ0v) is 20.2. The van der Waals surface area contributed by atoms with E-state index in [0.717, 1.165) is 21.3 Å². The SMILES string of the molecule is Cc1ccc(NC2CN(C(=O)OC(C)(C)C)C2)cc1C(=O)N[C@H](C)c1cccc(Br)c1. The second kappa shape index (κ2) is 9.30. The van der Waals surface area contributed by atoms with Crippen LogP contribution in [0.2, 0.25) is 0 Å². The van der Waals surface area contributed by atoms with Gasteiger partial charge in [-0.2, -0.15) is 0 Å². The number of halogens is 1. The van der Waals surface area contributed by atoms with Gasteiger partial charge in [-0.05, 0) is 70.0 Å². The smallest absolute Gasteiger partial charge is 0.410 e. The standard InChI is InChI=1S/C24H30BrN3O3/c1-15-9-10-19(27-20-13-28(14-20)23(30)31-24(3,4)5)12-21(15)22(29)26-16(2)17-7-6-8-18(25)11-17/h6-12,16,20,27H,13-14H2,1-5H3,(H,26,29)/t16-/m1/s1. The third kappa shape index (κ3) is 6.23. The van der Waals surface area contributed by atoms with Crippen LogP contribution in [0.5, 0.6) is 0 Å². The Morgan fingerprint density at radius 2 is 1.87 bits per heavy atom. The Morgan fingerprint density at radius 3 is 2.52 bits per heavy atom. The summed E-state index contributed by atoms with van der Waals surface area (Å²) in [5.41, 5.74) is 2.94. The monoisotopic (exact) mass is 487 g/mol. The van der Waals surface area contributed by atoms with Gasteiger partial charge in [0.15, 0.2) is 0 Å². The van der Waals surface area contributed by atoms with Gasteiger partial charge in [-0.1, -0.05) is 34.1 Å². The number of nitrogens with one attached hydrogen (secondary N) is 2. The third-order valence-electron chi connectivity index (χ3n) is 5.08. The highest BCUT2D eigenvalue weighted by atomic mass is 79.9. The van der Waals surface area contributed by atoms with E-state index in [1.54, 1.807) is 4.90 Å². The van der Waals surface area contributed by atoms with E-state index < -0.39 is 5.60 Å². The maximum absolute atomic E-state index is 12.9. The van der Waals surface area contributed by atoms with Gasteiger partial charge in [-0.15, -0.1) is 0 Å². The summed E-state index contributed by atoms with van der Waals surface area (Å²) in [5, 5.41) is 6.48. The molecule has 3 rings (SSSR count). The molecule has 0 aromatic heterocycles. The molecule has 1 fully saturated rings. The first-order chi connectivity index (χ1) is 14.5. The molecule has 2 aromatic rings. The summed E-state index contributed by atoms with van der Waals surface area (Å²) in [6.07, 6.45) is -0.295. The van der Waals surface area contributed by atoms with Crippen molar-refractivity contribution in [3.05, 3.63) is 63.6 Å². The number of rotatable bonds is 5. The van der Waals surface area contributed by atoms with Gasteiger partial charge in [0, 0.05) is 28.8 Å². The molecule has 6 nitrogen and oxygen atoms in total. The molecule has 1 atom stereocenters. The molecule has 0 saturated carbocycles. The van der Waals surface area contributed by atoms with E-state index in [2.05, 4.69) is 26.6 Å². The largest absolute Gasteiger partial charge is 0.444 e. The van der Waals surface area contributed by atoms with Crippen molar-refractivity contribution in [2.24, 2.45) is 0 Å². The predicted molar refractivity (Wildman–Crippen MR) is 126 cm³/mol. The molecule has 0 aliphatic carbocycles. The fraction of sp³-hybridized carbons (Fsp3) is 0.417. The van der Waals surface area contributed by atoms with Crippen molar-refractivity contribution in [3.8, 4) is 0 Å². The van der Waals surface area contributed by atoms with Gasteiger partial charge in [0.1, 0.15) is 5.60 Å². The molecule has 1 aliphatic rings. The molecule has 166 valence electrons. The van der Waals surface area contributed by atoms with E-state index in [-0.39, 0.29) is 24.1 Å². The fourth-order valence-electron chi connectivity index (χ4n) is 3.37. The van der Waals surface area contributed by atoms with Crippen LogP contribution in [0.4, 0.5) is 10.5 Å². The molecule has 0 spiro atoms. The molecule has 2 N–H and O–H groups in total. The zero-order chi connectivity index (χ0) is 22.8. The lowest BCUT2D eigenvalue weighted by Gasteiger charge is -2.40. The molecule has 0 bridgehead atoms. The maximum Gasteiger partial charge on any atom is 0.410 e. The molecular formula is C24H30BrN3O3. The number of aryl methyl sites for hydroxylation is 1. The lowest BCUT2D eigenvalue weighted by Crippen LogP contribution is -2.57. The Labute approximate surface area is 192 Å². The molecule has 0 radical (unpaired) electrons. The Hall–Kier alpha value is -2.54. The van der Waals surface area contributed by atoms with Crippen LogP contribution < -0.4 is 10.6 Å². The molecular weight excluding hydrogens is 458 g/mol. The van der Waals surface area contributed by atoms with Gasteiger partial charge in [0.25, 0.3) is 5.91 Å². The summed E-state index contributed by atoms with van der Waals surface area (Å²) in [5.74, 6) is -0.113. The summed E-state index contributed by atoms with van der Waals surface area (Å²) in [6.45, 7) is 10.6. The van der Waals surface area contributed by atoms with E-state index in [4.69, 9.17) is 4.74 Å². The molecule has 1 saturated heterocycles. The van der Waals surface area contributed by atoms with Crippen molar-refractivity contribution in [2.45, 2.75) is 52.3 Å². The van der Waals surface area contributed by atoms with Crippen LogP contribution in [0.1, 0.15) is 55.2 Å². The molecule has 1 aliphatic heterocycles. The summed E-state index contributed by atoms with van der Waals surface area (Å²) < 4.78 is 6.37. The number of amides is 2. The minimum absolute atomic E-state index is 0.113. The Morgan fingerprint density at radius 1 is 1.16 bits per heavy atom. The van der Waals surface area contributed by atoms with Crippen molar-refractivity contribution in [2.75, 3.05) is 18.4 Å². The van der Waals surface area contributed by atoms with Crippen LogP contribution in [0, 0.1) is 6.92 Å². The molecule has 2 amide bonds. The van der Waals surface area contributed by atoms with Gasteiger partial charge in [-0.3, -0.25) is 4.79 Å². The maximum atomic E-state index is 12.9. The molecule has 0 unspecified atom stereocenters. The highest BCUT2D eigenvalue weighted by Crippen LogP contribution is 2.23. The minimum Gasteiger partial charge on any atom is -0.444 e. The first kappa shape index (κ1) is 23.1. The number of hydrogen-bond acceptors (Lipinski definition) is 4. The van der Waals surface area contributed by atoms with E-state index >= 15 is 0 Å². The highest BCUT2D eigenvalue weighted by molar-refractivity contribution is 9.10. The van der Waals surface area contributed by atoms with Crippen LogP contribution in [-0.4, -0.2) is 41.6 Å². The number of carbonyl (C=O) groups excluding carboxylic acids is 2. The molecule has 1 heterocycles. The molecule has 2 aromatic carbocycles. The second-order valence-electron chi connectivity index (χ2n) is 9.01. The number of likely N-dealkylation sites (tertiary alicyclic amines) is 1. The van der Waals surface area contributed by atoms with Gasteiger partial charge in [0.05, 0.1) is 12.1 Å². The Balaban J connectivity index is 1.59. The quantitative estimate of drug-likeness (QED) is 0.601. The normalized spacial score (nSPS) is 15.1. The van der Waals surface area contributed by atoms with Gasteiger partial charge in [-0.25, -0.2) is 4.79 Å². The van der Waals surface area contributed by atoms with Crippen molar-refractivity contribution < 1.29 is 14.3 Å². The highest BCUT2D eigenvalue weighted by Gasteiger charge is 2.33. The van der Waals surface area contributed by atoms with E-state index in [0.29, 0.717) is 18.7 Å². The van der Waals surface area contributed by atoms with Gasteiger partial charge in [0.2, 0.25) is 0 Å². The van der Waals surface area contributed by atoms with Crippen LogP contribution in [0.25, 0.3) is 0 Å². The predicted octanol–water partition coefficient (Wildman–Crippen LogP) is 5.28. The van der Waals surface area contributed by atoms with Gasteiger partial charge < -0.3 is 20.3 Å². The van der Waals surface area contributed by atoms with E-state index in [1.165, 1.54) is 0 Å². The van der Waals surface area contributed by atoms with Crippen molar-refractivity contribution in [1.82, 2.24) is 10.2 Å². The molecule has 7 heteroatoms. The van der Waals surface area contributed by atoms with Gasteiger partial charge >= 0.3 is 6.09 Å². The summed E-state index contributed by atoms with van der Waals surface area (Å²) in [4.78, 5) is 26.7. The second-order valence-corrected chi connectivity index (χ2v) is 9.92. The number of carbonyl (C=O) groups is 2. The Bertz CT molecular complexity index is 965. The number of ether oxygens (including phenoxy) is 1. The summed E-state index contributed by atoms with van der Waals surface area (Å²) in [6, 6.07) is 13.7. The number of hydrogen-bond donors (Lipinski definition) is 2. The van der Waals surface area contributed by atoms with Crippen LogP contribution >= 0.6 is 15.9 Å². The van der Waals surface area contributed by atoms with Crippen molar-refractivity contribution in [1.29, 1.82) is 0 Å². The fourth-order valence-corrected chi connectivity index (χ4v) is 3.79. The number of nitrogens with zero attached hydrogens (tertiary/aromatic N) is 1. The lowest BCUT2D eigenvalue weighted by molar-refractivity contribution is 0.0105. The van der Waals surface area contributed by atoms with E-state index in [9.17, 15) is 9.59 Å². The first-order valence-corrected chi connectivity index (χ1v) is 11.2. The minimum atomic E-state index is -0.498. The molecule has 31 heavy (non-hydrogen) atoms. The average Bonchev–Trinajstić information content (AvgIpc) is 2.63. The van der Waals surface area contributed by atoms with E-state index in [1.807, 2.05) is 77.1 Å². The summed E-state index contributed by atoms with van der Waals surface area (Å²) in [7, 11) is 0. The summed E-state index contributed by atoms with van der Waals surface area (Å²) >= 11 is 3.47. The third-order valence-corrected chi connectivity index (χ3v) is 5.58. The Kier molecular flexibility index (Phi) is 6.94. The van der Waals surface area contributed by atoms with Crippen molar-refractivity contribution in [3.63, 3.8) is 0 Å². The van der Waals surface area contributed by atoms with Crippen molar-refractivity contribution >= 4 is 33.6 Å². The average molecular weight is 488 g/mol. The first-order valence-electron chi connectivity index (χ1n) is 10.4. The number of anilines is 1. The zero-order valence-electron chi connectivity index (χ0n) is 18.7. The number of benzene rings is 2. The van der Waals surface area contributed by atoms with Crippen LogP contribution in [0.3, 0.4) is 0 Å². The topological polar surface area (TPSA) is 70.7 Å². The van der Waals surface area contributed by atoms with Crippen LogP contribution in [0.15, 0.2) is 46.9 Å². The lowest BCUT2D eigenvalue weighted by atomic mass is 10.0. The van der Waals surface area contributed by atoms with Crippen LogP contribution in [-0.2, 0) is 4.74 Å².